The van der Waals surface area contributed by atoms with E-state index in [0.29, 0.717) is 18.8 Å². The number of nitrogens with zero attached hydrogens (tertiary/aromatic N) is 1. The zero-order chi connectivity index (χ0) is 21.8. The highest BCUT2D eigenvalue weighted by Gasteiger charge is 2.29. The Kier molecular flexibility index (Phi) is 6.23. The summed E-state index contributed by atoms with van der Waals surface area (Å²) in [5, 5.41) is 14.5. The van der Waals surface area contributed by atoms with E-state index in [9.17, 15) is 5.11 Å². The molecule has 0 aliphatic carbocycles. The van der Waals surface area contributed by atoms with Gasteiger partial charge in [-0.05, 0) is 48.7 Å². The van der Waals surface area contributed by atoms with Crippen LogP contribution in [0.4, 0.5) is 0 Å². The molecular weight excluding hydrogens is 388 g/mol. The fraction of sp³-hybridized carbons (Fsp3) is 0.269. The number of benzene rings is 3. The molecule has 0 fully saturated rings. The van der Waals surface area contributed by atoms with Crippen molar-refractivity contribution in [1.82, 2.24) is 5.32 Å². The Labute approximate surface area is 183 Å². The average molecular weight is 417 g/mol. The van der Waals surface area contributed by atoms with Gasteiger partial charge < -0.3 is 14.6 Å². The molecule has 0 saturated carbocycles. The van der Waals surface area contributed by atoms with Gasteiger partial charge in [0.25, 0.3) is 0 Å². The van der Waals surface area contributed by atoms with E-state index in [1.165, 1.54) is 5.56 Å². The molecule has 160 valence electrons. The number of methoxy groups -OCH3 is 1. The number of hydrogen-bond acceptors (Lipinski definition) is 5. The Morgan fingerprint density at radius 3 is 2.58 bits per heavy atom. The van der Waals surface area contributed by atoms with Crippen LogP contribution in [0.1, 0.15) is 47.8 Å². The van der Waals surface area contributed by atoms with Crippen LogP contribution in [0.5, 0.6) is 17.2 Å². The molecule has 3 aromatic rings. The maximum atomic E-state index is 10.9. The predicted octanol–water partition coefficient (Wildman–Crippen LogP) is 5.33. The van der Waals surface area contributed by atoms with Crippen LogP contribution in [0.15, 0.2) is 71.7 Å². The number of phenolic OH excluding ortho intramolecular Hbond substituents is 1. The van der Waals surface area contributed by atoms with Crippen molar-refractivity contribution in [3.8, 4) is 17.2 Å². The van der Waals surface area contributed by atoms with Gasteiger partial charge in [0.05, 0.1) is 13.7 Å². The van der Waals surface area contributed by atoms with Gasteiger partial charge in [0.15, 0.2) is 11.5 Å². The number of aliphatic imine (C=N–C) groups is 1. The Balaban J connectivity index is 1.78. The summed E-state index contributed by atoms with van der Waals surface area (Å²) in [5.74, 6) is 1.47. The van der Waals surface area contributed by atoms with E-state index in [0.717, 1.165) is 28.2 Å². The third-order valence-corrected chi connectivity index (χ3v) is 5.63. The third kappa shape index (κ3) is 4.42. The molecule has 0 saturated heterocycles. The molecule has 2 N–H and O–H groups in total. The van der Waals surface area contributed by atoms with E-state index in [1.807, 2.05) is 49.4 Å². The second kappa shape index (κ2) is 9.23. The van der Waals surface area contributed by atoms with Crippen molar-refractivity contribution in [2.75, 3.05) is 13.7 Å². The lowest BCUT2D eigenvalue weighted by atomic mass is 9.92. The number of aryl methyl sites for hydroxylation is 1. The minimum Gasteiger partial charge on any atom is -0.504 e. The number of phenols is 1. The highest BCUT2D eigenvalue weighted by Crippen LogP contribution is 2.39. The van der Waals surface area contributed by atoms with Gasteiger partial charge in [-0.1, -0.05) is 48.5 Å². The van der Waals surface area contributed by atoms with Gasteiger partial charge in [0, 0.05) is 23.7 Å². The zero-order valence-corrected chi connectivity index (χ0v) is 18.1. The summed E-state index contributed by atoms with van der Waals surface area (Å²) in [4.78, 5) is 5.06. The molecular formula is C26H28N2O3. The van der Waals surface area contributed by atoms with Gasteiger partial charge in [-0.25, -0.2) is 0 Å². The number of hydrogen-bond donors (Lipinski definition) is 2. The van der Waals surface area contributed by atoms with Gasteiger partial charge >= 0.3 is 0 Å². The van der Waals surface area contributed by atoms with E-state index in [2.05, 4.69) is 30.4 Å². The van der Waals surface area contributed by atoms with Crippen molar-refractivity contribution in [3.63, 3.8) is 0 Å². The zero-order valence-electron chi connectivity index (χ0n) is 18.1. The molecule has 31 heavy (non-hydrogen) atoms. The summed E-state index contributed by atoms with van der Waals surface area (Å²) in [6.07, 6.45) is 0.412. The first kappa shape index (κ1) is 20.9. The lowest BCUT2D eigenvalue weighted by Gasteiger charge is -2.32. The second-order valence-corrected chi connectivity index (χ2v) is 7.62. The average Bonchev–Trinajstić information content (AvgIpc) is 2.80. The first-order chi connectivity index (χ1) is 15.1. The van der Waals surface area contributed by atoms with Gasteiger partial charge in [0.1, 0.15) is 11.9 Å². The Morgan fingerprint density at radius 2 is 1.81 bits per heavy atom. The first-order valence-corrected chi connectivity index (χ1v) is 10.6. The Bertz CT molecular complexity index is 1090. The van der Waals surface area contributed by atoms with E-state index >= 15 is 0 Å². The summed E-state index contributed by atoms with van der Waals surface area (Å²) in [6, 6.07) is 21.7. The smallest absolute Gasteiger partial charge is 0.162 e. The molecule has 5 heteroatoms. The van der Waals surface area contributed by atoms with Gasteiger partial charge in [0.2, 0.25) is 0 Å². The largest absolute Gasteiger partial charge is 0.504 e. The fourth-order valence-electron chi connectivity index (χ4n) is 4.03. The van der Waals surface area contributed by atoms with Crippen molar-refractivity contribution in [3.05, 3.63) is 89.0 Å². The van der Waals surface area contributed by atoms with E-state index in [-0.39, 0.29) is 18.0 Å². The maximum absolute atomic E-state index is 10.9. The van der Waals surface area contributed by atoms with Crippen molar-refractivity contribution in [2.45, 2.75) is 32.5 Å². The van der Waals surface area contributed by atoms with E-state index < -0.39 is 0 Å². The van der Waals surface area contributed by atoms with Crippen LogP contribution < -0.4 is 14.8 Å². The van der Waals surface area contributed by atoms with Crippen LogP contribution >= 0.6 is 0 Å². The minimum atomic E-state index is -0.226. The molecule has 1 heterocycles. The molecule has 5 nitrogen and oxygen atoms in total. The number of aromatic hydroxyl groups is 1. The monoisotopic (exact) mass is 416 g/mol. The van der Waals surface area contributed by atoms with E-state index in [4.69, 9.17) is 14.5 Å². The van der Waals surface area contributed by atoms with Crippen molar-refractivity contribution in [2.24, 2.45) is 4.99 Å². The molecule has 4 rings (SSSR count). The summed E-state index contributed by atoms with van der Waals surface area (Å²) in [6.45, 7) is 4.50. The van der Waals surface area contributed by atoms with Crippen LogP contribution in [-0.2, 0) is 0 Å². The molecule has 0 radical (unpaired) electrons. The summed E-state index contributed by atoms with van der Waals surface area (Å²) >= 11 is 0. The van der Waals surface area contributed by atoms with Crippen LogP contribution in [-0.4, -0.2) is 24.5 Å². The van der Waals surface area contributed by atoms with Crippen LogP contribution in [0.2, 0.25) is 0 Å². The predicted molar refractivity (Wildman–Crippen MR) is 123 cm³/mol. The highest BCUT2D eigenvalue weighted by atomic mass is 16.5. The summed E-state index contributed by atoms with van der Waals surface area (Å²) < 4.78 is 11.0. The second-order valence-electron chi connectivity index (χ2n) is 7.62. The van der Waals surface area contributed by atoms with Crippen LogP contribution in [0.3, 0.4) is 0 Å². The molecule has 0 amide bonds. The summed E-state index contributed by atoms with van der Waals surface area (Å²) in [7, 11) is 1.67. The van der Waals surface area contributed by atoms with Crippen molar-refractivity contribution < 1.29 is 14.6 Å². The molecule has 0 bridgehead atoms. The van der Waals surface area contributed by atoms with Crippen LogP contribution in [0.25, 0.3) is 0 Å². The number of ether oxygens (including phenoxy) is 2. The topological polar surface area (TPSA) is 63.1 Å². The molecule has 1 aliphatic rings. The van der Waals surface area contributed by atoms with Gasteiger partial charge in [-0.2, -0.15) is 0 Å². The first-order valence-electron chi connectivity index (χ1n) is 10.6. The molecule has 1 aliphatic heterocycles. The highest BCUT2D eigenvalue weighted by molar-refractivity contribution is 6.02. The number of rotatable bonds is 6. The SMILES string of the molecule is CCOc1cccc([C@@H]2CC(c3cccc(OC)c3)=N[C@@H](c3ccccc3C)N2)c1O. The standard InChI is InChI=1S/C26H28N2O3/c1-4-31-24-14-8-13-21(25(24)29)23-16-22(18-10-7-11-19(15-18)30-3)27-26(28-23)20-12-6-5-9-17(20)2/h5-15,23,26,28-29H,4,16H2,1-3H3/t23-,26+/m0/s1. The minimum absolute atomic E-state index is 0.122. The van der Waals surface area contributed by atoms with E-state index in [1.54, 1.807) is 13.2 Å². The maximum Gasteiger partial charge on any atom is 0.162 e. The Morgan fingerprint density at radius 1 is 1.03 bits per heavy atom. The van der Waals surface area contributed by atoms with Gasteiger partial charge in [-0.15, -0.1) is 0 Å². The normalized spacial score (nSPS) is 18.4. The molecule has 2 atom stereocenters. The van der Waals surface area contributed by atoms with Crippen molar-refractivity contribution >= 4 is 5.71 Å². The number of nitrogens with one attached hydrogen (secondary N) is 1. The molecule has 0 spiro atoms. The quantitative estimate of drug-likeness (QED) is 0.570. The van der Waals surface area contributed by atoms with Crippen LogP contribution in [0, 0.1) is 6.92 Å². The fourth-order valence-corrected chi connectivity index (χ4v) is 4.03. The third-order valence-electron chi connectivity index (χ3n) is 5.63. The molecule has 0 aromatic heterocycles. The lowest BCUT2D eigenvalue weighted by Crippen LogP contribution is -2.33. The molecule has 3 aromatic carbocycles. The summed E-state index contributed by atoms with van der Waals surface area (Å²) in [5.41, 5.74) is 5.08. The lowest BCUT2D eigenvalue weighted by molar-refractivity contribution is 0.313. The number of para-hydroxylation sites is 1. The molecule has 0 unspecified atom stereocenters. The Hall–Kier alpha value is -3.31. The van der Waals surface area contributed by atoms with Crippen molar-refractivity contribution in [1.29, 1.82) is 0 Å². The van der Waals surface area contributed by atoms with Gasteiger partial charge in [-0.3, -0.25) is 10.3 Å².